The first-order valence-corrected chi connectivity index (χ1v) is 10.7. The van der Waals surface area contributed by atoms with E-state index in [1.54, 1.807) is 18.3 Å². The normalized spacial score (nSPS) is 19.3. The van der Waals surface area contributed by atoms with Crippen molar-refractivity contribution in [3.8, 4) is 0 Å². The van der Waals surface area contributed by atoms with Gasteiger partial charge in [0.25, 0.3) is 5.91 Å². The summed E-state index contributed by atoms with van der Waals surface area (Å²) in [6, 6.07) is 8.05. The zero-order chi connectivity index (χ0) is 24.7. The second-order valence-corrected chi connectivity index (χ2v) is 8.43. The Balaban J connectivity index is 1.44. The van der Waals surface area contributed by atoms with Crippen LogP contribution in [0.3, 0.4) is 0 Å². The molecular formula is C23H22F6N4O. The van der Waals surface area contributed by atoms with E-state index >= 15 is 0 Å². The van der Waals surface area contributed by atoms with Gasteiger partial charge in [-0.05, 0) is 56.0 Å². The molecule has 1 aliphatic rings. The van der Waals surface area contributed by atoms with E-state index in [0.717, 1.165) is 10.9 Å². The number of rotatable bonds is 4. The fourth-order valence-electron chi connectivity index (χ4n) is 4.38. The molecule has 1 fully saturated rings. The van der Waals surface area contributed by atoms with Crippen LogP contribution in [-0.4, -0.2) is 35.0 Å². The minimum Gasteiger partial charge on any atom is -0.371 e. The minimum atomic E-state index is -5.00. The Kier molecular flexibility index (Phi) is 6.22. The molecule has 0 atom stereocenters. The van der Waals surface area contributed by atoms with Gasteiger partial charge in [0.15, 0.2) is 0 Å². The van der Waals surface area contributed by atoms with Gasteiger partial charge in [0, 0.05) is 47.5 Å². The van der Waals surface area contributed by atoms with E-state index < -0.39 is 23.7 Å². The topological polar surface area (TPSA) is 61.0 Å². The quantitative estimate of drug-likeness (QED) is 0.462. The highest BCUT2D eigenvalue weighted by molar-refractivity contribution is 6.06. The molecule has 2 aromatic heterocycles. The van der Waals surface area contributed by atoms with Crippen LogP contribution in [0.25, 0.3) is 10.9 Å². The smallest absolute Gasteiger partial charge is 0.371 e. The summed E-state index contributed by atoms with van der Waals surface area (Å²) >= 11 is 0. The number of anilines is 1. The maximum Gasteiger partial charge on any atom is 0.433 e. The first-order valence-electron chi connectivity index (χ1n) is 10.7. The fourth-order valence-corrected chi connectivity index (χ4v) is 4.38. The molecule has 3 aromatic rings. The number of carbonyl (C=O) groups is 1. The van der Waals surface area contributed by atoms with Crippen molar-refractivity contribution in [2.75, 3.05) is 11.9 Å². The predicted molar refractivity (Wildman–Crippen MR) is 114 cm³/mol. The lowest BCUT2D eigenvalue weighted by Gasteiger charge is -2.36. The number of amides is 1. The van der Waals surface area contributed by atoms with Gasteiger partial charge in [-0.25, -0.2) is 4.98 Å². The molecule has 1 aliphatic carbocycles. The Bertz CT molecular complexity index is 1150. The third kappa shape index (κ3) is 4.97. The van der Waals surface area contributed by atoms with Crippen LogP contribution in [-0.2, 0) is 12.4 Å². The highest BCUT2D eigenvalue weighted by Gasteiger charge is 2.39. The van der Waals surface area contributed by atoms with Gasteiger partial charge >= 0.3 is 12.4 Å². The third-order valence-corrected chi connectivity index (χ3v) is 6.22. The van der Waals surface area contributed by atoms with Crippen LogP contribution in [0.4, 0.5) is 32.0 Å². The molecule has 0 spiro atoms. The average Bonchev–Trinajstić information content (AvgIpc) is 3.26. The molecule has 34 heavy (non-hydrogen) atoms. The number of nitrogens with one attached hydrogen (secondary N) is 2. The Morgan fingerprint density at radius 2 is 1.62 bits per heavy atom. The van der Waals surface area contributed by atoms with E-state index in [4.69, 9.17) is 0 Å². The number of benzene rings is 1. The number of fused-ring (bicyclic) bond motifs is 1. The Morgan fingerprint density at radius 1 is 1.00 bits per heavy atom. The lowest BCUT2D eigenvalue weighted by atomic mass is 9.89. The Labute approximate surface area is 191 Å². The van der Waals surface area contributed by atoms with Gasteiger partial charge in [-0.15, -0.1) is 0 Å². The summed E-state index contributed by atoms with van der Waals surface area (Å²) in [6.45, 7) is 0. The van der Waals surface area contributed by atoms with Crippen molar-refractivity contribution in [2.24, 2.45) is 0 Å². The van der Waals surface area contributed by atoms with Crippen LogP contribution in [0.15, 0.2) is 42.6 Å². The summed E-state index contributed by atoms with van der Waals surface area (Å²) in [5.74, 6) is -0.222. The van der Waals surface area contributed by atoms with Gasteiger partial charge in [-0.2, -0.15) is 26.3 Å². The van der Waals surface area contributed by atoms with Gasteiger partial charge in [0.05, 0.1) is 0 Å². The predicted octanol–water partition coefficient (Wildman–Crippen LogP) is 5.78. The number of hydrogen-bond acceptors (Lipinski definition) is 3. The molecule has 11 heteroatoms. The number of pyridine rings is 1. The summed E-state index contributed by atoms with van der Waals surface area (Å²) in [5.41, 5.74) is -1.98. The zero-order valence-corrected chi connectivity index (χ0v) is 18.1. The number of alkyl halides is 6. The van der Waals surface area contributed by atoms with Crippen molar-refractivity contribution in [1.29, 1.82) is 0 Å². The van der Waals surface area contributed by atoms with Gasteiger partial charge in [0.1, 0.15) is 11.4 Å². The molecule has 1 saturated carbocycles. The van der Waals surface area contributed by atoms with Crippen molar-refractivity contribution in [1.82, 2.24) is 15.3 Å². The maximum absolute atomic E-state index is 13.1. The summed E-state index contributed by atoms with van der Waals surface area (Å²) in [7, 11) is 1.48. The van der Waals surface area contributed by atoms with E-state index in [9.17, 15) is 31.1 Å². The number of hydrogen-bond donors (Lipinski definition) is 2. The molecule has 0 unspecified atom stereocenters. The van der Waals surface area contributed by atoms with Crippen LogP contribution < -0.4 is 10.2 Å². The molecule has 2 N–H and O–H groups in total. The first-order chi connectivity index (χ1) is 15.9. The molecule has 0 aliphatic heterocycles. The van der Waals surface area contributed by atoms with Crippen molar-refractivity contribution < 1.29 is 31.1 Å². The average molecular weight is 484 g/mol. The number of aromatic amines is 1. The van der Waals surface area contributed by atoms with Crippen molar-refractivity contribution in [2.45, 2.75) is 50.1 Å². The molecule has 0 bridgehead atoms. The number of aromatic nitrogens is 2. The van der Waals surface area contributed by atoms with E-state index in [1.165, 1.54) is 11.9 Å². The maximum atomic E-state index is 13.1. The molecule has 2 heterocycles. The van der Waals surface area contributed by atoms with Crippen LogP contribution in [0.2, 0.25) is 0 Å². The van der Waals surface area contributed by atoms with Crippen molar-refractivity contribution in [3.63, 3.8) is 0 Å². The monoisotopic (exact) mass is 484 g/mol. The second-order valence-electron chi connectivity index (χ2n) is 8.43. The number of nitrogens with zero attached hydrogens (tertiary/aromatic N) is 2. The van der Waals surface area contributed by atoms with Crippen LogP contribution in [0, 0.1) is 0 Å². The van der Waals surface area contributed by atoms with Gasteiger partial charge < -0.3 is 15.2 Å². The SMILES string of the molecule is CN(c1cc(C(F)(F)F)nc(C(F)(F)F)c1)[C@H]1CC[C@@H](NC(=O)c2cccc3[nH]ccc23)CC1. The van der Waals surface area contributed by atoms with Crippen molar-refractivity contribution >= 4 is 22.5 Å². The minimum absolute atomic E-state index is 0.139. The lowest BCUT2D eigenvalue weighted by Crippen LogP contribution is -2.43. The van der Waals surface area contributed by atoms with E-state index in [-0.39, 0.29) is 23.7 Å². The van der Waals surface area contributed by atoms with E-state index in [1.807, 2.05) is 12.1 Å². The summed E-state index contributed by atoms with van der Waals surface area (Å²) in [5, 5.41) is 3.79. The molecular weight excluding hydrogens is 462 g/mol. The first kappa shape index (κ1) is 23.9. The number of halogens is 6. The molecule has 0 saturated heterocycles. The molecule has 182 valence electrons. The molecule has 1 aromatic carbocycles. The summed E-state index contributed by atoms with van der Waals surface area (Å²) in [6.07, 6.45) is -6.15. The zero-order valence-electron chi connectivity index (χ0n) is 18.1. The summed E-state index contributed by atoms with van der Waals surface area (Å²) < 4.78 is 78.8. The number of H-pyrrole nitrogens is 1. The second kappa shape index (κ2) is 8.84. The van der Waals surface area contributed by atoms with Gasteiger partial charge in [-0.1, -0.05) is 6.07 Å². The third-order valence-electron chi connectivity index (χ3n) is 6.22. The molecule has 1 amide bonds. The van der Waals surface area contributed by atoms with Crippen molar-refractivity contribution in [3.05, 3.63) is 59.5 Å². The fraction of sp³-hybridized carbons (Fsp3) is 0.391. The molecule has 4 rings (SSSR count). The number of carbonyl (C=O) groups excluding carboxylic acids is 1. The standard InChI is InChI=1S/C23H22F6N4O/c1-33(15-11-19(22(24,25)26)32-20(12-15)23(27,28)29)14-7-5-13(6-8-14)31-21(34)17-3-2-4-18-16(17)9-10-30-18/h2-4,9-14,30H,5-8H2,1H3,(H,31,34)/t13-,14+. The van der Waals surface area contributed by atoms with Crippen LogP contribution in [0.5, 0.6) is 0 Å². The van der Waals surface area contributed by atoms with E-state index in [0.29, 0.717) is 43.4 Å². The Hall–Kier alpha value is -3.24. The van der Waals surface area contributed by atoms with Crippen LogP contribution in [0.1, 0.15) is 47.4 Å². The largest absolute Gasteiger partial charge is 0.433 e. The molecule has 0 radical (unpaired) electrons. The van der Waals surface area contributed by atoms with E-state index in [2.05, 4.69) is 15.3 Å². The van der Waals surface area contributed by atoms with Gasteiger partial charge in [-0.3, -0.25) is 4.79 Å². The lowest BCUT2D eigenvalue weighted by molar-refractivity contribution is -0.150. The summed E-state index contributed by atoms with van der Waals surface area (Å²) in [4.78, 5) is 20.0. The molecule has 5 nitrogen and oxygen atoms in total. The highest BCUT2D eigenvalue weighted by Crippen LogP contribution is 2.37. The van der Waals surface area contributed by atoms with Crippen LogP contribution >= 0.6 is 0 Å². The van der Waals surface area contributed by atoms with Gasteiger partial charge in [0.2, 0.25) is 0 Å². The highest BCUT2D eigenvalue weighted by atomic mass is 19.4. The Morgan fingerprint density at radius 3 is 2.21 bits per heavy atom.